The number of carbonyl (C=O) groups is 1. The molecule has 0 amide bonds. The van der Waals surface area contributed by atoms with Crippen molar-refractivity contribution in [2.45, 2.75) is 33.3 Å². The van der Waals surface area contributed by atoms with Crippen LogP contribution in [0, 0.1) is 6.92 Å². The highest BCUT2D eigenvalue weighted by molar-refractivity contribution is 5.74. The number of aryl methyl sites for hydroxylation is 1. The summed E-state index contributed by atoms with van der Waals surface area (Å²) in [5.74, 6) is 0.369. The lowest BCUT2D eigenvalue weighted by molar-refractivity contribution is -0.151. The van der Waals surface area contributed by atoms with E-state index in [4.69, 9.17) is 9.47 Å². The largest absolute Gasteiger partial charge is 0.479 e. The molecular weight excluding hydrogens is 204 g/mol. The Morgan fingerprint density at radius 1 is 1.31 bits per heavy atom. The van der Waals surface area contributed by atoms with Crippen molar-refractivity contribution in [1.82, 2.24) is 0 Å². The Kier molecular flexibility index (Phi) is 4.83. The Morgan fingerprint density at radius 3 is 2.50 bits per heavy atom. The van der Waals surface area contributed by atoms with Crippen molar-refractivity contribution in [3.63, 3.8) is 0 Å². The Labute approximate surface area is 96.4 Å². The van der Waals surface area contributed by atoms with Crippen LogP contribution in [0.15, 0.2) is 24.3 Å². The van der Waals surface area contributed by atoms with Gasteiger partial charge in [-0.25, -0.2) is 4.79 Å². The van der Waals surface area contributed by atoms with Crippen molar-refractivity contribution < 1.29 is 14.3 Å². The zero-order valence-electron chi connectivity index (χ0n) is 10.0. The molecule has 0 aliphatic heterocycles. The van der Waals surface area contributed by atoms with E-state index in [1.54, 1.807) is 6.92 Å². The number of hydrogen-bond donors (Lipinski definition) is 0. The molecule has 1 atom stereocenters. The Morgan fingerprint density at radius 2 is 1.94 bits per heavy atom. The van der Waals surface area contributed by atoms with E-state index in [1.807, 2.05) is 38.1 Å². The molecule has 0 fully saturated rings. The molecule has 0 spiro atoms. The van der Waals surface area contributed by atoms with E-state index >= 15 is 0 Å². The summed E-state index contributed by atoms with van der Waals surface area (Å²) in [5.41, 5.74) is 1.16. The molecule has 0 saturated carbocycles. The minimum atomic E-state index is -0.561. The second-order valence-electron chi connectivity index (χ2n) is 3.74. The topological polar surface area (TPSA) is 35.5 Å². The van der Waals surface area contributed by atoms with Crippen molar-refractivity contribution in [3.05, 3.63) is 29.8 Å². The van der Waals surface area contributed by atoms with Crippen LogP contribution in [0.25, 0.3) is 0 Å². The number of carbonyl (C=O) groups excluding carboxylic acids is 1. The zero-order valence-corrected chi connectivity index (χ0v) is 10.0. The van der Waals surface area contributed by atoms with Gasteiger partial charge in [-0.15, -0.1) is 0 Å². The van der Waals surface area contributed by atoms with Crippen LogP contribution in [0.3, 0.4) is 0 Å². The zero-order chi connectivity index (χ0) is 12.0. The third-order valence-corrected chi connectivity index (χ3v) is 2.11. The first-order valence-corrected chi connectivity index (χ1v) is 5.53. The minimum Gasteiger partial charge on any atom is -0.479 e. The van der Waals surface area contributed by atoms with Crippen LogP contribution in [-0.4, -0.2) is 18.7 Å². The summed E-state index contributed by atoms with van der Waals surface area (Å²) >= 11 is 0. The van der Waals surface area contributed by atoms with Gasteiger partial charge < -0.3 is 9.47 Å². The van der Waals surface area contributed by atoms with Gasteiger partial charge in [0.15, 0.2) is 6.10 Å². The third kappa shape index (κ3) is 3.93. The molecular formula is C13H18O3. The molecule has 1 aromatic carbocycles. The second-order valence-corrected chi connectivity index (χ2v) is 3.74. The van der Waals surface area contributed by atoms with E-state index in [9.17, 15) is 4.79 Å². The fourth-order valence-corrected chi connectivity index (χ4v) is 1.19. The molecule has 0 unspecified atom stereocenters. The van der Waals surface area contributed by atoms with E-state index in [-0.39, 0.29) is 5.97 Å². The lowest BCUT2D eigenvalue weighted by atomic mass is 10.2. The minimum absolute atomic E-state index is 0.317. The van der Waals surface area contributed by atoms with Gasteiger partial charge in [0.2, 0.25) is 0 Å². The van der Waals surface area contributed by atoms with Crippen molar-refractivity contribution >= 4 is 5.97 Å². The second kappa shape index (κ2) is 6.16. The number of rotatable bonds is 5. The Balaban J connectivity index is 2.47. The molecule has 3 heteroatoms. The molecule has 0 aromatic heterocycles. The smallest absolute Gasteiger partial charge is 0.347 e. The lowest BCUT2D eigenvalue weighted by Gasteiger charge is -2.13. The first-order chi connectivity index (χ1) is 7.63. The van der Waals surface area contributed by atoms with Crippen LogP contribution in [0.2, 0.25) is 0 Å². The SMILES string of the molecule is CCCOC(=O)[C@@H](C)Oc1ccc(C)cc1. The van der Waals surface area contributed by atoms with E-state index in [1.165, 1.54) is 0 Å². The van der Waals surface area contributed by atoms with Crippen molar-refractivity contribution in [3.8, 4) is 5.75 Å². The maximum Gasteiger partial charge on any atom is 0.347 e. The van der Waals surface area contributed by atoms with Crippen LogP contribution in [0.1, 0.15) is 25.8 Å². The highest BCUT2D eigenvalue weighted by Crippen LogP contribution is 2.13. The summed E-state index contributed by atoms with van der Waals surface area (Å²) in [6.45, 7) is 6.10. The summed E-state index contributed by atoms with van der Waals surface area (Å²) in [6, 6.07) is 7.58. The maximum absolute atomic E-state index is 11.4. The molecule has 0 heterocycles. The summed E-state index contributed by atoms with van der Waals surface area (Å²) in [7, 11) is 0. The summed E-state index contributed by atoms with van der Waals surface area (Å²) in [5, 5.41) is 0. The molecule has 1 aromatic rings. The van der Waals surface area contributed by atoms with E-state index in [0.29, 0.717) is 12.4 Å². The van der Waals surface area contributed by atoms with Gasteiger partial charge in [0.05, 0.1) is 6.61 Å². The quantitative estimate of drug-likeness (QED) is 0.718. The van der Waals surface area contributed by atoms with Crippen molar-refractivity contribution in [2.75, 3.05) is 6.61 Å². The van der Waals surface area contributed by atoms with Gasteiger partial charge in [-0.05, 0) is 32.4 Å². The summed E-state index contributed by atoms with van der Waals surface area (Å²) in [4.78, 5) is 11.4. The molecule has 0 saturated heterocycles. The average molecular weight is 222 g/mol. The Hall–Kier alpha value is -1.51. The highest BCUT2D eigenvalue weighted by atomic mass is 16.6. The first-order valence-electron chi connectivity index (χ1n) is 5.53. The van der Waals surface area contributed by atoms with Gasteiger partial charge in [-0.2, -0.15) is 0 Å². The summed E-state index contributed by atoms with van der Waals surface area (Å²) in [6.07, 6.45) is 0.262. The summed E-state index contributed by atoms with van der Waals surface area (Å²) < 4.78 is 10.4. The molecule has 88 valence electrons. The predicted molar refractivity (Wildman–Crippen MR) is 62.5 cm³/mol. The van der Waals surface area contributed by atoms with Crippen molar-refractivity contribution in [2.24, 2.45) is 0 Å². The van der Waals surface area contributed by atoms with Gasteiger partial charge in [-0.1, -0.05) is 24.6 Å². The number of ether oxygens (including phenoxy) is 2. The monoisotopic (exact) mass is 222 g/mol. The van der Waals surface area contributed by atoms with Gasteiger partial charge >= 0.3 is 5.97 Å². The van der Waals surface area contributed by atoms with Gasteiger partial charge in [0.25, 0.3) is 0 Å². The molecule has 0 bridgehead atoms. The van der Waals surface area contributed by atoms with E-state index in [2.05, 4.69) is 0 Å². The fraction of sp³-hybridized carbons (Fsp3) is 0.462. The predicted octanol–water partition coefficient (Wildman–Crippen LogP) is 2.72. The normalized spacial score (nSPS) is 11.9. The standard InChI is InChI=1S/C13H18O3/c1-4-9-15-13(14)11(3)16-12-7-5-10(2)6-8-12/h5-8,11H,4,9H2,1-3H3/t11-/m1/s1. The van der Waals surface area contributed by atoms with Crippen LogP contribution in [0.4, 0.5) is 0 Å². The lowest BCUT2D eigenvalue weighted by Crippen LogP contribution is -2.26. The Bertz CT molecular complexity index is 330. The fourth-order valence-electron chi connectivity index (χ4n) is 1.19. The third-order valence-electron chi connectivity index (χ3n) is 2.11. The average Bonchev–Trinajstić information content (AvgIpc) is 2.29. The van der Waals surface area contributed by atoms with Crippen LogP contribution >= 0.6 is 0 Å². The number of esters is 1. The van der Waals surface area contributed by atoms with E-state index < -0.39 is 6.10 Å². The molecule has 3 nitrogen and oxygen atoms in total. The maximum atomic E-state index is 11.4. The number of benzene rings is 1. The van der Waals surface area contributed by atoms with Gasteiger partial charge in [0.1, 0.15) is 5.75 Å². The van der Waals surface area contributed by atoms with Crippen LogP contribution in [0.5, 0.6) is 5.75 Å². The molecule has 0 aliphatic carbocycles. The van der Waals surface area contributed by atoms with Gasteiger partial charge in [-0.3, -0.25) is 0 Å². The molecule has 1 rings (SSSR count). The molecule has 0 radical (unpaired) electrons. The van der Waals surface area contributed by atoms with Crippen molar-refractivity contribution in [1.29, 1.82) is 0 Å². The number of hydrogen-bond acceptors (Lipinski definition) is 3. The van der Waals surface area contributed by atoms with Crippen LogP contribution in [-0.2, 0) is 9.53 Å². The van der Waals surface area contributed by atoms with Gasteiger partial charge in [0, 0.05) is 0 Å². The first kappa shape index (κ1) is 12.6. The van der Waals surface area contributed by atoms with Crippen LogP contribution < -0.4 is 4.74 Å². The molecule has 0 aliphatic rings. The highest BCUT2D eigenvalue weighted by Gasteiger charge is 2.15. The van der Waals surface area contributed by atoms with E-state index in [0.717, 1.165) is 12.0 Å². The molecule has 0 N–H and O–H groups in total. The molecule has 16 heavy (non-hydrogen) atoms.